The third-order valence-corrected chi connectivity index (χ3v) is 2.80. The molecule has 0 spiro atoms. The first-order valence-corrected chi connectivity index (χ1v) is 6.49. The lowest BCUT2D eigenvalue weighted by Gasteiger charge is -2.18. The van der Waals surface area contributed by atoms with Crippen molar-refractivity contribution < 1.29 is 9.90 Å². The lowest BCUT2D eigenvalue weighted by Crippen LogP contribution is -2.38. The normalized spacial score (nSPS) is 12.3. The number of carbonyl (C=O) groups excluding carboxylic acids is 1. The summed E-state index contributed by atoms with van der Waals surface area (Å²) >= 11 is 0. The second-order valence-electron chi connectivity index (χ2n) is 5.28. The van der Waals surface area contributed by atoms with Gasteiger partial charge in [-0.3, -0.25) is 9.78 Å². The molecule has 5 nitrogen and oxygen atoms in total. The molecule has 1 heterocycles. The second kappa shape index (κ2) is 7.09. The monoisotopic (exact) mass is 265 g/mol. The Morgan fingerprint density at radius 3 is 2.68 bits per heavy atom. The van der Waals surface area contributed by atoms with Crippen LogP contribution in [0.15, 0.2) is 18.3 Å². The van der Waals surface area contributed by atoms with Gasteiger partial charge in [-0.25, -0.2) is 0 Å². The molecular formula is C14H23N3O2. The first kappa shape index (κ1) is 15.4. The van der Waals surface area contributed by atoms with Crippen molar-refractivity contribution in [1.82, 2.24) is 10.3 Å². The molecule has 0 aromatic carbocycles. The highest BCUT2D eigenvalue weighted by molar-refractivity contribution is 5.93. The Morgan fingerprint density at radius 2 is 2.16 bits per heavy atom. The van der Waals surface area contributed by atoms with Gasteiger partial charge in [-0.05, 0) is 24.5 Å². The lowest BCUT2D eigenvalue weighted by atomic mass is 10.0. The Bertz CT molecular complexity index is 419. The minimum absolute atomic E-state index is 0.0582. The standard InChI is InChI=1S/C14H23N3O2/c1-10(2)7-11(9-18)16-14(19)13-8-12(17(3)4)5-6-15-13/h5-6,8,10-11,18H,7,9H2,1-4H3,(H,16,19)/t11-/m1/s1. The second-order valence-corrected chi connectivity index (χ2v) is 5.28. The summed E-state index contributed by atoms with van der Waals surface area (Å²) in [6, 6.07) is 3.35. The van der Waals surface area contributed by atoms with E-state index in [-0.39, 0.29) is 18.6 Å². The molecule has 1 atom stereocenters. The summed E-state index contributed by atoms with van der Waals surface area (Å²) in [5.74, 6) is 0.168. The van der Waals surface area contributed by atoms with Crippen molar-refractivity contribution in [3.8, 4) is 0 Å². The van der Waals surface area contributed by atoms with Gasteiger partial charge in [-0.15, -0.1) is 0 Å². The van der Waals surface area contributed by atoms with Crippen LogP contribution in [0.3, 0.4) is 0 Å². The predicted molar refractivity (Wildman–Crippen MR) is 76.4 cm³/mol. The van der Waals surface area contributed by atoms with E-state index in [9.17, 15) is 9.90 Å². The molecule has 0 fully saturated rings. The van der Waals surface area contributed by atoms with Crippen LogP contribution in [0.25, 0.3) is 0 Å². The number of nitrogens with one attached hydrogen (secondary N) is 1. The Hall–Kier alpha value is -1.62. The molecule has 0 aliphatic rings. The van der Waals surface area contributed by atoms with Crippen LogP contribution >= 0.6 is 0 Å². The highest BCUT2D eigenvalue weighted by Crippen LogP contribution is 2.11. The lowest BCUT2D eigenvalue weighted by molar-refractivity contribution is 0.0903. The van der Waals surface area contributed by atoms with E-state index in [0.717, 1.165) is 12.1 Å². The predicted octanol–water partition coefficient (Wildman–Crippen LogP) is 1.28. The zero-order chi connectivity index (χ0) is 14.4. The van der Waals surface area contributed by atoms with E-state index >= 15 is 0 Å². The fourth-order valence-electron chi connectivity index (χ4n) is 1.83. The maximum absolute atomic E-state index is 12.1. The van der Waals surface area contributed by atoms with Crippen molar-refractivity contribution in [3.63, 3.8) is 0 Å². The van der Waals surface area contributed by atoms with Gasteiger partial charge in [-0.2, -0.15) is 0 Å². The van der Waals surface area contributed by atoms with Gasteiger partial charge in [0.2, 0.25) is 0 Å². The van der Waals surface area contributed by atoms with Crippen molar-refractivity contribution >= 4 is 11.6 Å². The van der Waals surface area contributed by atoms with E-state index < -0.39 is 0 Å². The average molecular weight is 265 g/mol. The quantitative estimate of drug-likeness (QED) is 0.813. The first-order valence-electron chi connectivity index (χ1n) is 6.49. The van der Waals surface area contributed by atoms with Crippen LogP contribution in [-0.4, -0.2) is 42.7 Å². The minimum Gasteiger partial charge on any atom is -0.394 e. The molecule has 19 heavy (non-hydrogen) atoms. The van der Waals surface area contributed by atoms with Crippen LogP contribution in [0, 0.1) is 5.92 Å². The molecule has 0 aliphatic heterocycles. The smallest absolute Gasteiger partial charge is 0.270 e. The maximum atomic E-state index is 12.1. The molecular weight excluding hydrogens is 242 g/mol. The number of aliphatic hydroxyl groups is 1. The van der Waals surface area contributed by atoms with Crippen LogP contribution < -0.4 is 10.2 Å². The number of carbonyl (C=O) groups is 1. The van der Waals surface area contributed by atoms with Crippen molar-refractivity contribution in [3.05, 3.63) is 24.0 Å². The molecule has 5 heteroatoms. The van der Waals surface area contributed by atoms with E-state index in [0.29, 0.717) is 11.6 Å². The van der Waals surface area contributed by atoms with Crippen LogP contribution in [0.4, 0.5) is 5.69 Å². The van der Waals surface area contributed by atoms with Gasteiger partial charge in [0.05, 0.1) is 12.6 Å². The summed E-state index contributed by atoms with van der Waals surface area (Å²) in [5, 5.41) is 12.1. The Balaban J connectivity index is 2.74. The number of nitrogens with zero attached hydrogens (tertiary/aromatic N) is 2. The first-order chi connectivity index (χ1) is 8.93. The number of aliphatic hydroxyl groups excluding tert-OH is 1. The topological polar surface area (TPSA) is 65.5 Å². The highest BCUT2D eigenvalue weighted by atomic mass is 16.3. The molecule has 1 rings (SSSR count). The van der Waals surface area contributed by atoms with Crippen LogP contribution in [-0.2, 0) is 0 Å². The number of pyridine rings is 1. The summed E-state index contributed by atoms with van der Waals surface area (Å²) in [6.45, 7) is 4.05. The molecule has 0 bridgehead atoms. The molecule has 1 aromatic heterocycles. The Kier molecular flexibility index (Phi) is 5.76. The Labute approximate surface area is 114 Å². The zero-order valence-corrected chi connectivity index (χ0v) is 12.1. The van der Waals surface area contributed by atoms with Crippen LogP contribution in [0.1, 0.15) is 30.8 Å². The number of amides is 1. The fourth-order valence-corrected chi connectivity index (χ4v) is 1.83. The van der Waals surface area contributed by atoms with Gasteiger partial charge in [0.15, 0.2) is 0 Å². The highest BCUT2D eigenvalue weighted by Gasteiger charge is 2.15. The number of hydrogen-bond acceptors (Lipinski definition) is 4. The summed E-state index contributed by atoms with van der Waals surface area (Å²) in [4.78, 5) is 18.0. The van der Waals surface area contributed by atoms with Crippen molar-refractivity contribution in [1.29, 1.82) is 0 Å². The number of anilines is 1. The van der Waals surface area contributed by atoms with E-state index in [1.165, 1.54) is 0 Å². The van der Waals surface area contributed by atoms with Crippen LogP contribution in [0.2, 0.25) is 0 Å². The van der Waals surface area contributed by atoms with E-state index in [1.54, 1.807) is 12.3 Å². The molecule has 1 aromatic rings. The van der Waals surface area contributed by atoms with Gasteiger partial charge in [0, 0.05) is 26.0 Å². The SMILES string of the molecule is CC(C)C[C@H](CO)NC(=O)c1cc(N(C)C)ccn1. The van der Waals surface area contributed by atoms with Gasteiger partial charge in [0.1, 0.15) is 5.69 Å². The van der Waals surface area contributed by atoms with E-state index in [2.05, 4.69) is 24.1 Å². The maximum Gasteiger partial charge on any atom is 0.270 e. The molecule has 0 radical (unpaired) electrons. The molecule has 0 saturated carbocycles. The van der Waals surface area contributed by atoms with E-state index in [4.69, 9.17) is 0 Å². The molecule has 0 saturated heterocycles. The molecule has 106 valence electrons. The molecule has 0 unspecified atom stereocenters. The largest absolute Gasteiger partial charge is 0.394 e. The van der Waals surface area contributed by atoms with Crippen molar-refractivity contribution in [2.24, 2.45) is 5.92 Å². The molecule has 0 aliphatic carbocycles. The van der Waals surface area contributed by atoms with E-state index in [1.807, 2.05) is 25.1 Å². The van der Waals surface area contributed by atoms with Gasteiger partial charge >= 0.3 is 0 Å². The third kappa shape index (κ3) is 4.87. The Morgan fingerprint density at radius 1 is 1.47 bits per heavy atom. The summed E-state index contributed by atoms with van der Waals surface area (Å²) in [6.07, 6.45) is 2.36. The van der Waals surface area contributed by atoms with Crippen LogP contribution in [0.5, 0.6) is 0 Å². The number of hydrogen-bond donors (Lipinski definition) is 2. The number of aromatic nitrogens is 1. The van der Waals surface area contributed by atoms with Crippen molar-refractivity contribution in [2.75, 3.05) is 25.6 Å². The molecule has 2 N–H and O–H groups in total. The average Bonchev–Trinajstić information content (AvgIpc) is 2.37. The van der Waals surface area contributed by atoms with Gasteiger partial charge in [-0.1, -0.05) is 13.8 Å². The number of rotatable bonds is 6. The fraction of sp³-hybridized carbons (Fsp3) is 0.571. The van der Waals surface area contributed by atoms with Gasteiger partial charge < -0.3 is 15.3 Å². The minimum atomic E-state index is -0.247. The summed E-state index contributed by atoms with van der Waals surface area (Å²) < 4.78 is 0. The summed E-state index contributed by atoms with van der Waals surface area (Å²) in [5.41, 5.74) is 1.29. The molecule has 1 amide bonds. The van der Waals surface area contributed by atoms with Crippen molar-refractivity contribution in [2.45, 2.75) is 26.3 Å². The van der Waals surface area contributed by atoms with Gasteiger partial charge in [0.25, 0.3) is 5.91 Å². The summed E-state index contributed by atoms with van der Waals surface area (Å²) in [7, 11) is 3.82. The third-order valence-electron chi connectivity index (χ3n) is 2.80. The zero-order valence-electron chi connectivity index (χ0n) is 12.1.